The van der Waals surface area contributed by atoms with E-state index in [2.05, 4.69) is 52.4 Å². The van der Waals surface area contributed by atoms with Crippen LogP contribution in [-0.4, -0.2) is 0 Å². The van der Waals surface area contributed by atoms with Crippen molar-refractivity contribution in [2.24, 2.45) is 5.73 Å². The Hall–Kier alpha value is 0.0900. The van der Waals surface area contributed by atoms with Gasteiger partial charge in [-0.05, 0) is 63.5 Å². The first-order valence-electron chi connectivity index (χ1n) is 4.22. The van der Waals surface area contributed by atoms with Crippen LogP contribution in [0.1, 0.15) is 22.0 Å². The van der Waals surface area contributed by atoms with Gasteiger partial charge < -0.3 is 5.73 Å². The van der Waals surface area contributed by atoms with Crippen LogP contribution >= 0.6 is 45.3 Å². The van der Waals surface area contributed by atoms with Crippen LogP contribution < -0.4 is 5.73 Å². The number of hydrogen-bond donors (Lipinski definition) is 1. The minimum atomic E-state index is 0.0426. The highest BCUT2D eigenvalue weighted by Gasteiger charge is 2.13. The van der Waals surface area contributed by atoms with E-state index >= 15 is 0 Å². The zero-order valence-electron chi connectivity index (χ0n) is 7.66. The molecule has 0 aliphatic carbocycles. The van der Waals surface area contributed by atoms with Crippen LogP contribution in [0.3, 0.4) is 0 Å². The fraction of sp³-hybridized carbons (Fsp3) is 0.200. The number of thiophene rings is 2. The molecule has 0 saturated carbocycles. The molecule has 2 N–H and O–H groups in total. The van der Waals surface area contributed by atoms with Crippen molar-refractivity contribution in [1.29, 1.82) is 0 Å². The Balaban J connectivity index is 2.33. The molecule has 4 heteroatoms. The lowest BCUT2D eigenvalue weighted by Crippen LogP contribution is -2.10. The molecule has 0 amide bonds. The molecule has 0 aliphatic heterocycles. The summed E-state index contributed by atoms with van der Waals surface area (Å²) in [7, 11) is 0. The SMILES string of the molecule is Cc1sccc1C(N)c1csc(I)c1. The Kier molecular flexibility index (Phi) is 3.26. The van der Waals surface area contributed by atoms with Crippen LogP contribution in [-0.2, 0) is 0 Å². The number of rotatable bonds is 2. The van der Waals surface area contributed by atoms with Gasteiger partial charge in [-0.3, -0.25) is 0 Å². The van der Waals surface area contributed by atoms with Crippen molar-refractivity contribution in [3.8, 4) is 0 Å². The lowest BCUT2D eigenvalue weighted by Gasteiger charge is -2.08. The van der Waals surface area contributed by atoms with Crippen molar-refractivity contribution in [1.82, 2.24) is 0 Å². The zero-order chi connectivity index (χ0) is 10.1. The molecular weight excluding hydrogens is 325 g/mol. The standard InChI is InChI=1S/C10H10INS2/c1-6-8(2-3-13-6)10(12)7-4-9(11)14-5-7/h2-5,10H,12H2,1H3. The van der Waals surface area contributed by atoms with Gasteiger partial charge in [0.1, 0.15) is 0 Å². The van der Waals surface area contributed by atoms with Gasteiger partial charge in [0.2, 0.25) is 0 Å². The van der Waals surface area contributed by atoms with Gasteiger partial charge in [0.15, 0.2) is 0 Å². The van der Waals surface area contributed by atoms with E-state index in [1.807, 2.05) is 0 Å². The fourth-order valence-electron chi connectivity index (χ4n) is 1.38. The molecule has 2 aromatic heterocycles. The highest BCUT2D eigenvalue weighted by molar-refractivity contribution is 14.1. The highest BCUT2D eigenvalue weighted by atomic mass is 127. The Morgan fingerprint density at radius 3 is 2.71 bits per heavy atom. The number of halogens is 1. The number of hydrogen-bond acceptors (Lipinski definition) is 3. The average Bonchev–Trinajstić information content (AvgIpc) is 2.73. The van der Waals surface area contributed by atoms with E-state index in [-0.39, 0.29) is 6.04 Å². The van der Waals surface area contributed by atoms with E-state index in [0.29, 0.717) is 0 Å². The summed E-state index contributed by atoms with van der Waals surface area (Å²) in [5.74, 6) is 0. The topological polar surface area (TPSA) is 26.0 Å². The summed E-state index contributed by atoms with van der Waals surface area (Å²) in [6.07, 6.45) is 0. The fourth-order valence-corrected chi connectivity index (χ4v) is 3.54. The third-order valence-electron chi connectivity index (χ3n) is 2.18. The maximum atomic E-state index is 6.18. The Bertz CT molecular complexity index is 433. The molecule has 14 heavy (non-hydrogen) atoms. The second-order valence-electron chi connectivity index (χ2n) is 3.09. The van der Waals surface area contributed by atoms with Gasteiger partial charge in [-0.15, -0.1) is 22.7 Å². The van der Waals surface area contributed by atoms with Gasteiger partial charge in [0.25, 0.3) is 0 Å². The van der Waals surface area contributed by atoms with Gasteiger partial charge in [0.05, 0.1) is 8.93 Å². The largest absolute Gasteiger partial charge is 0.320 e. The third kappa shape index (κ3) is 2.03. The van der Waals surface area contributed by atoms with E-state index in [1.165, 1.54) is 18.9 Å². The summed E-state index contributed by atoms with van der Waals surface area (Å²) in [6.45, 7) is 2.12. The second-order valence-corrected chi connectivity index (χ2v) is 7.02. The Labute approximate surface area is 105 Å². The summed E-state index contributed by atoms with van der Waals surface area (Å²) in [5.41, 5.74) is 8.66. The smallest absolute Gasteiger partial charge is 0.0656 e. The van der Waals surface area contributed by atoms with Crippen LogP contribution in [0.15, 0.2) is 22.9 Å². The molecule has 74 valence electrons. The maximum Gasteiger partial charge on any atom is 0.0656 e. The summed E-state index contributed by atoms with van der Waals surface area (Å²) < 4.78 is 1.29. The first-order valence-corrected chi connectivity index (χ1v) is 7.06. The molecule has 0 spiro atoms. The van der Waals surface area contributed by atoms with Crippen molar-refractivity contribution in [2.45, 2.75) is 13.0 Å². The molecular formula is C10H10INS2. The molecule has 0 aromatic carbocycles. The van der Waals surface area contributed by atoms with Gasteiger partial charge in [-0.1, -0.05) is 0 Å². The minimum absolute atomic E-state index is 0.0426. The van der Waals surface area contributed by atoms with Gasteiger partial charge in [-0.2, -0.15) is 0 Å². The van der Waals surface area contributed by atoms with E-state index in [4.69, 9.17) is 5.73 Å². The van der Waals surface area contributed by atoms with Gasteiger partial charge in [0, 0.05) is 4.88 Å². The monoisotopic (exact) mass is 335 g/mol. The third-order valence-corrected chi connectivity index (χ3v) is 4.85. The first-order chi connectivity index (χ1) is 6.68. The summed E-state index contributed by atoms with van der Waals surface area (Å²) in [5, 5.41) is 4.24. The Morgan fingerprint density at radius 1 is 1.43 bits per heavy atom. The molecule has 1 atom stereocenters. The highest BCUT2D eigenvalue weighted by Crippen LogP contribution is 2.29. The van der Waals surface area contributed by atoms with E-state index in [0.717, 1.165) is 0 Å². The van der Waals surface area contributed by atoms with Gasteiger partial charge in [-0.25, -0.2) is 0 Å². The van der Waals surface area contributed by atoms with Gasteiger partial charge >= 0.3 is 0 Å². The molecule has 1 nitrogen and oxygen atoms in total. The van der Waals surface area contributed by atoms with Crippen LogP contribution in [0.2, 0.25) is 0 Å². The zero-order valence-corrected chi connectivity index (χ0v) is 11.4. The van der Waals surface area contributed by atoms with Crippen LogP contribution in [0, 0.1) is 9.81 Å². The van der Waals surface area contributed by atoms with Crippen molar-refractivity contribution in [3.63, 3.8) is 0 Å². The molecule has 1 unspecified atom stereocenters. The van der Waals surface area contributed by atoms with E-state index in [9.17, 15) is 0 Å². The van der Waals surface area contributed by atoms with Crippen molar-refractivity contribution >= 4 is 45.3 Å². The van der Waals surface area contributed by atoms with Crippen molar-refractivity contribution < 1.29 is 0 Å². The van der Waals surface area contributed by atoms with E-state index in [1.54, 1.807) is 22.7 Å². The summed E-state index contributed by atoms with van der Waals surface area (Å²) >= 11 is 5.83. The Morgan fingerprint density at radius 2 is 2.21 bits per heavy atom. The average molecular weight is 335 g/mol. The second kappa shape index (κ2) is 4.30. The maximum absolute atomic E-state index is 6.18. The lowest BCUT2D eigenvalue weighted by atomic mass is 10.0. The van der Waals surface area contributed by atoms with Crippen molar-refractivity contribution in [3.05, 3.63) is 41.8 Å². The molecule has 0 aliphatic rings. The van der Waals surface area contributed by atoms with E-state index < -0.39 is 0 Å². The molecule has 2 heterocycles. The molecule has 2 aromatic rings. The molecule has 0 bridgehead atoms. The molecule has 2 rings (SSSR count). The molecule has 0 radical (unpaired) electrons. The van der Waals surface area contributed by atoms with Crippen LogP contribution in [0.25, 0.3) is 0 Å². The van der Waals surface area contributed by atoms with Crippen LogP contribution in [0.4, 0.5) is 0 Å². The predicted molar refractivity (Wildman–Crippen MR) is 72.1 cm³/mol. The number of aryl methyl sites for hydroxylation is 1. The molecule has 0 fully saturated rings. The molecule has 0 saturated heterocycles. The van der Waals surface area contributed by atoms with Crippen LogP contribution in [0.5, 0.6) is 0 Å². The lowest BCUT2D eigenvalue weighted by molar-refractivity contribution is 0.874. The normalized spacial score (nSPS) is 13.1. The minimum Gasteiger partial charge on any atom is -0.320 e. The summed E-state index contributed by atoms with van der Waals surface area (Å²) in [4.78, 5) is 1.32. The number of nitrogens with two attached hydrogens (primary N) is 1. The first kappa shape index (κ1) is 10.6. The quantitative estimate of drug-likeness (QED) is 0.831. The predicted octanol–water partition coefficient (Wildman–Crippen LogP) is 3.77. The summed E-state index contributed by atoms with van der Waals surface area (Å²) in [6, 6.07) is 4.32. The van der Waals surface area contributed by atoms with Crippen molar-refractivity contribution in [2.75, 3.05) is 0 Å².